The van der Waals surface area contributed by atoms with Crippen molar-refractivity contribution in [3.63, 3.8) is 0 Å². The maximum absolute atomic E-state index is 12.8. The number of benzene rings is 2. The van der Waals surface area contributed by atoms with Gasteiger partial charge in [-0.05, 0) is 49.6 Å². The van der Waals surface area contributed by atoms with Crippen molar-refractivity contribution in [2.45, 2.75) is 25.2 Å². The van der Waals surface area contributed by atoms with Crippen LogP contribution in [0.15, 0.2) is 42.5 Å². The van der Waals surface area contributed by atoms with Gasteiger partial charge in [0.25, 0.3) is 5.91 Å². The highest BCUT2D eigenvalue weighted by atomic mass is 16.6. The average Bonchev–Trinajstić information content (AvgIpc) is 2.78. The average molecular weight is 414 g/mol. The predicted molar refractivity (Wildman–Crippen MR) is 111 cm³/mol. The van der Waals surface area contributed by atoms with E-state index >= 15 is 0 Å². The summed E-state index contributed by atoms with van der Waals surface area (Å²) in [6.45, 7) is 3.67. The molecule has 0 unspecified atom stereocenters. The molecule has 0 saturated carbocycles. The van der Waals surface area contributed by atoms with Crippen LogP contribution in [0.5, 0.6) is 11.5 Å². The van der Waals surface area contributed by atoms with E-state index in [1.165, 1.54) is 18.2 Å². The third-order valence-corrected chi connectivity index (χ3v) is 5.46. The van der Waals surface area contributed by atoms with E-state index in [1.54, 1.807) is 14.0 Å². The molecule has 2 aromatic carbocycles. The van der Waals surface area contributed by atoms with E-state index in [-0.39, 0.29) is 28.3 Å². The highest BCUT2D eigenvalue weighted by Crippen LogP contribution is 2.35. The molecule has 30 heavy (non-hydrogen) atoms. The number of amides is 1. The SMILES string of the molecule is CCOc1ccc(C(=O)NCC2(c3ccc(OC)cc3)CCOCC2)cc1[N+](=O)[O-]. The Balaban J connectivity index is 1.79. The molecular formula is C22H26N2O6. The van der Waals surface area contributed by atoms with Gasteiger partial charge in [0.05, 0.1) is 18.6 Å². The van der Waals surface area contributed by atoms with E-state index < -0.39 is 4.92 Å². The van der Waals surface area contributed by atoms with E-state index in [1.807, 2.05) is 24.3 Å². The Morgan fingerprint density at radius 2 is 1.90 bits per heavy atom. The fourth-order valence-corrected chi connectivity index (χ4v) is 3.70. The first-order chi connectivity index (χ1) is 14.5. The molecule has 0 bridgehead atoms. The molecule has 1 aliphatic heterocycles. The van der Waals surface area contributed by atoms with Crippen molar-refractivity contribution in [1.29, 1.82) is 0 Å². The van der Waals surface area contributed by atoms with Crippen LogP contribution in [0.3, 0.4) is 0 Å². The van der Waals surface area contributed by atoms with Gasteiger partial charge in [-0.1, -0.05) is 12.1 Å². The van der Waals surface area contributed by atoms with E-state index in [4.69, 9.17) is 14.2 Å². The second-order valence-electron chi connectivity index (χ2n) is 7.18. The van der Waals surface area contributed by atoms with Crippen LogP contribution in [-0.2, 0) is 10.2 Å². The molecule has 0 radical (unpaired) electrons. The Morgan fingerprint density at radius 3 is 2.50 bits per heavy atom. The molecule has 0 aliphatic carbocycles. The quantitative estimate of drug-likeness (QED) is 0.524. The van der Waals surface area contributed by atoms with Crippen LogP contribution in [0.4, 0.5) is 5.69 Å². The monoisotopic (exact) mass is 414 g/mol. The van der Waals surface area contributed by atoms with Gasteiger partial charge in [-0.3, -0.25) is 14.9 Å². The Labute approximate surface area is 175 Å². The van der Waals surface area contributed by atoms with Crippen molar-refractivity contribution in [2.75, 3.05) is 33.5 Å². The van der Waals surface area contributed by atoms with Crippen LogP contribution in [-0.4, -0.2) is 44.3 Å². The number of carbonyl (C=O) groups is 1. The smallest absolute Gasteiger partial charge is 0.311 e. The van der Waals surface area contributed by atoms with Gasteiger partial charge in [-0.2, -0.15) is 0 Å². The fraction of sp³-hybridized carbons (Fsp3) is 0.409. The summed E-state index contributed by atoms with van der Waals surface area (Å²) in [6.07, 6.45) is 1.53. The molecular weight excluding hydrogens is 388 g/mol. The molecule has 0 spiro atoms. The first-order valence-electron chi connectivity index (χ1n) is 9.91. The largest absolute Gasteiger partial charge is 0.497 e. The number of hydrogen-bond acceptors (Lipinski definition) is 6. The summed E-state index contributed by atoms with van der Waals surface area (Å²) >= 11 is 0. The second-order valence-corrected chi connectivity index (χ2v) is 7.18. The lowest BCUT2D eigenvalue weighted by atomic mass is 9.74. The Morgan fingerprint density at radius 1 is 1.20 bits per heavy atom. The van der Waals surface area contributed by atoms with Crippen molar-refractivity contribution >= 4 is 11.6 Å². The zero-order chi connectivity index (χ0) is 21.6. The molecule has 2 aromatic rings. The highest BCUT2D eigenvalue weighted by Gasteiger charge is 2.35. The normalized spacial score (nSPS) is 15.3. The molecule has 8 heteroatoms. The van der Waals surface area contributed by atoms with Gasteiger partial charge in [-0.15, -0.1) is 0 Å². The first-order valence-corrected chi connectivity index (χ1v) is 9.91. The van der Waals surface area contributed by atoms with E-state index in [2.05, 4.69) is 5.32 Å². The number of nitrogens with one attached hydrogen (secondary N) is 1. The summed E-state index contributed by atoms with van der Waals surface area (Å²) in [6, 6.07) is 12.1. The summed E-state index contributed by atoms with van der Waals surface area (Å²) in [7, 11) is 1.62. The number of rotatable bonds is 8. The van der Waals surface area contributed by atoms with Crippen molar-refractivity contribution in [3.8, 4) is 11.5 Å². The number of carbonyl (C=O) groups excluding carboxylic acids is 1. The molecule has 160 valence electrons. The first kappa shape index (κ1) is 21.6. The Kier molecular flexibility index (Phi) is 6.89. The second kappa shape index (κ2) is 9.58. The van der Waals surface area contributed by atoms with Crippen LogP contribution in [0, 0.1) is 10.1 Å². The highest BCUT2D eigenvalue weighted by molar-refractivity contribution is 5.95. The molecule has 0 aromatic heterocycles. The lowest BCUT2D eigenvalue weighted by molar-refractivity contribution is -0.385. The van der Waals surface area contributed by atoms with Crippen molar-refractivity contribution in [1.82, 2.24) is 5.32 Å². The minimum absolute atomic E-state index is 0.151. The predicted octanol–water partition coefficient (Wildman–Crippen LogP) is 3.48. The summed E-state index contributed by atoms with van der Waals surface area (Å²) in [5.41, 5.74) is 0.837. The van der Waals surface area contributed by atoms with Gasteiger partial charge >= 0.3 is 5.69 Å². The summed E-state index contributed by atoms with van der Waals surface area (Å²) in [4.78, 5) is 23.6. The van der Waals surface area contributed by atoms with Crippen molar-refractivity contribution < 1.29 is 23.9 Å². The standard InChI is InChI=1S/C22H26N2O6/c1-3-30-20-9-4-16(14-19(20)24(26)27)21(25)23-15-22(10-12-29-13-11-22)17-5-7-18(28-2)8-6-17/h4-9,14H,3,10-13,15H2,1-2H3,(H,23,25). The van der Waals surface area contributed by atoms with Gasteiger partial charge in [0.2, 0.25) is 0 Å². The number of nitrogens with zero attached hydrogens (tertiary/aromatic N) is 1. The number of methoxy groups -OCH3 is 1. The summed E-state index contributed by atoms with van der Waals surface area (Å²) < 4.78 is 16.1. The van der Waals surface area contributed by atoms with Crippen LogP contribution in [0.1, 0.15) is 35.7 Å². The lowest BCUT2D eigenvalue weighted by Crippen LogP contribution is -2.44. The minimum Gasteiger partial charge on any atom is -0.497 e. The summed E-state index contributed by atoms with van der Waals surface area (Å²) in [5, 5.41) is 14.3. The molecule has 1 fully saturated rings. The van der Waals surface area contributed by atoms with Crippen LogP contribution in [0.25, 0.3) is 0 Å². The third kappa shape index (κ3) is 4.71. The maximum atomic E-state index is 12.8. The van der Waals surface area contributed by atoms with Gasteiger partial charge in [-0.25, -0.2) is 0 Å². The zero-order valence-corrected chi connectivity index (χ0v) is 17.2. The molecule has 1 heterocycles. The van der Waals surface area contributed by atoms with Crippen molar-refractivity contribution in [3.05, 3.63) is 63.7 Å². The van der Waals surface area contributed by atoms with E-state index in [9.17, 15) is 14.9 Å². The van der Waals surface area contributed by atoms with Crippen LogP contribution < -0.4 is 14.8 Å². The fourth-order valence-electron chi connectivity index (χ4n) is 3.70. The number of nitro benzene ring substituents is 1. The molecule has 1 N–H and O–H groups in total. The topological polar surface area (TPSA) is 99.9 Å². The molecule has 0 atom stereocenters. The molecule has 1 aliphatic rings. The lowest BCUT2D eigenvalue weighted by Gasteiger charge is -2.38. The summed E-state index contributed by atoms with van der Waals surface area (Å²) in [5.74, 6) is 0.561. The molecule has 8 nitrogen and oxygen atoms in total. The van der Waals surface area contributed by atoms with Crippen LogP contribution >= 0.6 is 0 Å². The van der Waals surface area contributed by atoms with Crippen molar-refractivity contribution in [2.24, 2.45) is 0 Å². The number of ether oxygens (including phenoxy) is 3. The number of hydrogen-bond donors (Lipinski definition) is 1. The van der Waals surface area contributed by atoms with Gasteiger partial charge in [0.15, 0.2) is 5.75 Å². The Hall–Kier alpha value is -3.13. The van der Waals surface area contributed by atoms with E-state index in [0.29, 0.717) is 26.4 Å². The molecule has 3 rings (SSSR count). The molecule has 1 amide bonds. The molecule has 1 saturated heterocycles. The number of nitro groups is 1. The maximum Gasteiger partial charge on any atom is 0.311 e. The minimum atomic E-state index is -0.543. The third-order valence-electron chi connectivity index (χ3n) is 5.46. The van der Waals surface area contributed by atoms with Crippen LogP contribution in [0.2, 0.25) is 0 Å². The zero-order valence-electron chi connectivity index (χ0n) is 17.2. The van der Waals surface area contributed by atoms with Gasteiger partial charge < -0.3 is 19.5 Å². The van der Waals surface area contributed by atoms with E-state index in [0.717, 1.165) is 24.2 Å². The van der Waals surface area contributed by atoms with Gasteiger partial charge in [0.1, 0.15) is 5.75 Å². The Bertz CT molecular complexity index is 891. The van der Waals surface area contributed by atoms with Gasteiger partial charge in [0, 0.05) is 36.8 Å².